The maximum Gasteiger partial charge on any atom is 0.240 e. The average Bonchev–Trinajstić information content (AvgIpc) is 3.26. The summed E-state index contributed by atoms with van der Waals surface area (Å²) in [5.74, 6) is 2.93. The Balaban J connectivity index is 1.45. The predicted octanol–water partition coefficient (Wildman–Crippen LogP) is 1.53. The summed E-state index contributed by atoms with van der Waals surface area (Å²) in [5.41, 5.74) is 0.758. The Morgan fingerprint density at radius 1 is 1.38 bits per heavy atom. The molecule has 2 N–H and O–H groups in total. The second-order valence-electron chi connectivity index (χ2n) is 6.18. The summed E-state index contributed by atoms with van der Waals surface area (Å²) >= 11 is 1.79. The van der Waals surface area contributed by atoms with Crippen molar-refractivity contribution in [2.75, 3.05) is 37.1 Å². The molecule has 2 saturated heterocycles. The number of carbonyl (C=O) groups excluding carboxylic acids is 2. The molecule has 1 aromatic rings. The number of methoxy groups -OCH3 is 1. The van der Waals surface area contributed by atoms with Crippen LogP contribution in [0.4, 0.5) is 5.69 Å². The van der Waals surface area contributed by atoms with Crippen molar-refractivity contribution in [3.8, 4) is 5.75 Å². The van der Waals surface area contributed by atoms with E-state index in [-0.39, 0.29) is 23.8 Å². The first-order valence-corrected chi connectivity index (χ1v) is 9.35. The summed E-state index contributed by atoms with van der Waals surface area (Å²) in [6.07, 6.45) is 1.16. The molecule has 24 heavy (non-hydrogen) atoms. The zero-order valence-electron chi connectivity index (χ0n) is 13.8. The van der Waals surface area contributed by atoms with Crippen LogP contribution in [0, 0.1) is 5.92 Å². The monoisotopic (exact) mass is 349 g/mol. The van der Waals surface area contributed by atoms with Crippen LogP contribution < -0.4 is 15.4 Å². The van der Waals surface area contributed by atoms with E-state index >= 15 is 0 Å². The van der Waals surface area contributed by atoms with E-state index in [1.54, 1.807) is 18.9 Å². The lowest BCUT2D eigenvalue weighted by molar-refractivity contribution is -0.131. The van der Waals surface area contributed by atoms with Gasteiger partial charge in [0.05, 0.1) is 19.0 Å². The van der Waals surface area contributed by atoms with Crippen molar-refractivity contribution in [2.24, 2.45) is 5.92 Å². The zero-order chi connectivity index (χ0) is 16.9. The molecule has 0 aromatic heterocycles. The van der Waals surface area contributed by atoms with E-state index in [9.17, 15) is 9.59 Å². The van der Waals surface area contributed by atoms with Crippen LogP contribution in [-0.4, -0.2) is 54.6 Å². The normalized spacial score (nSPS) is 23.3. The molecule has 2 atom stereocenters. The molecule has 7 heteroatoms. The van der Waals surface area contributed by atoms with Crippen LogP contribution in [0.1, 0.15) is 12.8 Å². The fourth-order valence-electron chi connectivity index (χ4n) is 3.11. The summed E-state index contributed by atoms with van der Waals surface area (Å²) in [6.45, 7) is 1.55. The van der Waals surface area contributed by atoms with Gasteiger partial charge in [-0.15, -0.1) is 11.8 Å². The smallest absolute Gasteiger partial charge is 0.240 e. The lowest BCUT2D eigenvalue weighted by Crippen LogP contribution is -2.42. The second-order valence-corrected chi connectivity index (χ2v) is 7.26. The molecular weight excluding hydrogens is 326 g/mol. The van der Waals surface area contributed by atoms with E-state index in [2.05, 4.69) is 10.6 Å². The first kappa shape index (κ1) is 17.1. The Morgan fingerprint density at radius 2 is 2.17 bits per heavy atom. The Morgan fingerprint density at radius 3 is 2.83 bits per heavy atom. The summed E-state index contributed by atoms with van der Waals surface area (Å²) in [6, 6.07) is 7.13. The molecule has 2 amide bonds. The van der Waals surface area contributed by atoms with Crippen molar-refractivity contribution in [3.63, 3.8) is 0 Å². The van der Waals surface area contributed by atoms with Gasteiger partial charge in [0.1, 0.15) is 5.75 Å². The van der Waals surface area contributed by atoms with Gasteiger partial charge in [-0.2, -0.15) is 0 Å². The summed E-state index contributed by atoms with van der Waals surface area (Å²) in [5, 5.41) is 6.17. The lowest BCUT2D eigenvalue weighted by atomic mass is 10.0. The van der Waals surface area contributed by atoms with Gasteiger partial charge in [-0.05, 0) is 43.1 Å². The number of nitrogens with one attached hydrogen (secondary N) is 2. The number of hydrogen-bond acceptors (Lipinski definition) is 5. The number of amides is 2. The maximum atomic E-state index is 12.4. The van der Waals surface area contributed by atoms with Gasteiger partial charge in [-0.1, -0.05) is 0 Å². The van der Waals surface area contributed by atoms with Gasteiger partial charge in [0.2, 0.25) is 11.8 Å². The predicted molar refractivity (Wildman–Crippen MR) is 95.2 cm³/mol. The van der Waals surface area contributed by atoms with Gasteiger partial charge in [0.15, 0.2) is 0 Å². The first-order chi connectivity index (χ1) is 11.7. The molecule has 2 fully saturated rings. The average molecular weight is 349 g/mol. The number of hydrogen-bond donors (Lipinski definition) is 2. The quantitative estimate of drug-likeness (QED) is 0.844. The van der Waals surface area contributed by atoms with Crippen LogP contribution >= 0.6 is 11.8 Å². The molecule has 130 valence electrons. The van der Waals surface area contributed by atoms with Crippen molar-refractivity contribution >= 4 is 29.3 Å². The minimum atomic E-state index is -0.137. The number of carbonyl (C=O) groups is 2. The van der Waals surface area contributed by atoms with Gasteiger partial charge in [0, 0.05) is 24.4 Å². The molecular formula is C17H23N3O3S. The molecule has 0 aliphatic carbocycles. The molecule has 2 heterocycles. The molecule has 3 rings (SSSR count). The van der Waals surface area contributed by atoms with E-state index in [4.69, 9.17) is 4.74 Å². The number of rotatable bonds is 5. The van der Waals surface area contributed by atoms with Crippen LogP contribution in [0.3, 0.4) is 0 Å². The fourth-order valence-corrected chi connectivity index (χ4v) is 4.06. The Kier molecular flexibility index (Phi) is 5.63. The van der Waals surface area contributed by atoms with Crippen LogP contribution in [0.25, 0.3) is 0 Å². The van der Waals surface area contributed by atoms with Gasteiger partial charge < -0.3 is 20.3 Å². The molecule has 6 nitrogen and oxygen atoms in total. The highest BCUT2D eigenvalue weighted by atomic mass is 32.2. The minimum absolute atomic E-state index is 0.0169. The van der Waals surface area contributed by atoms with Gasteiger partial charge in [-0.3, -0.25) is 9.59 Å². The fraction of sp³-hybridized carbons (Fsp3) is 0.529. The van der Waals surface area contributed by atoms with E-state index in [1.165, 1.54) is 0 Å². The van der Waals surface area contributed by atoms with Crippen molar-refractivity contribution < 1.29 is 14.3 Å². The molecule has 0 bridgehead atoms. The van der Waals surface area contributed by atoms with E-state index in [0.29, 0.717) is 13.0 Å². The van der Waals surface area contributed by atoms with Crippen LogP contribution in [0.15, 0.2) is 24.3 Å². The SMILES string of the molecule is COc1ccc(NC(=O)CC2CN[C@H](C(=O)N3CCSC3)C2)cc1. The van der Waals surface area contributed by atoms with E-state index in [1.807, 2.05) is 29.2 Å². The van der Waals surface area contributed by atoms with Gasteiger partial charge in [0.25, 0.3) is 0 Å². The summed E-state index contributed by atoms with van der Waals surface area (Å²) < 4.78 is 5.10. The maximum absolute atomic E-state index is 12.4. The number of benzene rings is 1. The second kappa shape index (κ2) is 7.90. The summed E-state index contributed by atoms with van der Waals surface area (Å²) in [4.78, 5) is 26.5. The van der Waals surface area contributed by atoms with Gasteiger partial charge in [-0.25, -0.2) is 0 Å². The van der Waals surface area contributed by atoms with Crippen molar-refractivity contribution in [3.05, 3.63) is 24.3 Å². The first-order valence-electron chi connectivity index (χ1n) is 8.19. The van der Waals surface area contributed by atoms with E-state index < -0.39 is 0 Å². The Bertz CT molecular complexity index is 587. The summed E-state index contributed by atoms with van der Waals surface area (Å²) in [7, 11) is 1.61. The number of anilines is 1. The van der Waals surface area contributed by atoms with Crippen LogP contribution in [0.2, 0.25) is 0 Å². The molecule has 1 aromatic carbocycles. The van der Waals surface area contributed by atoms with Crippen LogP contribution in [-0.2, 0) is 9.59 Å². The number of ether oxygens (including phenoxy) is 1. The zero-order valence-corrected chi connectivity index (χ0v) is 14.6. The minimum Gasteiger partial charge on any atom is -0.497 e. The third-order valence-electron chi connectivity index (χ3n) is 4.43. The Hall–Kier alpha value is -1.73. The Labute approximate surface area is 146 Å². The van der Waals surface area contributed by atoms with Gasteiger partial charge >= 0.3 is 0 Å². The largest absolute Gasteiger partial charge is 0.497 e. The molecule has 0 spiro atoms. The highest BCUT2D eigenvalue weighted by Gasteiger charge is 2.34. The molecule has 1 unspecified atom stereocenters. The standard InChI is InChI=1S/C17H23N3O3S/c1-23-14-4-2-13(3-5-14)19-16(21)9-12-8-15(18-10-12)17(22)20-6-7-24-11-20/h2-5,12,15,18H,6-11H2,1H3,(H,19,21)/t12?,15-/m0/s1. The van der Waals surface area contributed by atoms with Crippen molar-refractivity contribution in [1.82, 2.24) is 10.2 Å². The lowest BCUT2D eigenvalue weighted by Gasteiger charge is -2.19. The third kappa shape index (κ3) is 4.21. The molecule has 0 saturated carbocycles. The van der Waals surface area contributed by atoms with Crippen molar-refractivity contribution in [1.29, 1.82) is 0 Å². The third-order valence-corrected chi connectivity index (χ3v) is 5.40. The molecule has 2 aliphatic heterocycles. The van der Waals surface area contributed by atoms with Crippen LogP contribution in [0.5, 0.6) is 5.75 Å². The highest BCUT2D eigenvalue weighted by molar-refractivity contribution is 7.99. The number of nitrogens with zero attached hydrogens (tertiary/aromatic N) is 1. The molecule has 0 radical (unpaired) electrons. The molecule has 2 aliphatic rings. The highest BCUT2D eigenvalue weighted by Crippen LogP contribution is 2.23. The number of thioether (sulfide) groups is 1. The topological polar surface area (TPSA) is 70.7 Å². The van der Waals surface area contributed by atoms with E-state index in [0.717, 1.165) is 36.0 Å². The van der Waals surface area contributed by atoms with Crippen molar-refractivity contribution in [2.45, 2.75) is 18.9 Å².